The van der Waals surface area contributed by atoms with Crippen molar-refractivity contribution in [2.45, 2.75) is 18.6 Å². The quantitative estimate of drug-likeness (QED) is 0.711. The number of carbonyl (C=O) groups is 1. The van der Waals surface area contributed by atoms with E-state index in [9.17, 15) is 9.90 Å². The van der Waals surface area contributed by atoms with E-state index in [1.807, 2.05) is 18.2 Å². The number of benzene rings is 1. The number of likely N-dealkylation sites (tertiary alicyclic amines) is 1. The molecule has 2 rings (SSSR count). The summed E-state index contributed by atoms with van der Waals surface area (Å²) in [6, 6.07) is 8.81. The molecule has 0 spiro atoms. The molecule has 0 saturated carbocycles. The fraction of sp³-hybridized carbons (Fsp3) is 0.417. The van der Waals surface area contributed by atoms with Gasteiger partial charge in [-0.15, -0.1) is 0 Å². The van der Waals surface area contributed by atoms with Gasteiger partial charge >= 0.3 is 0 Å². The largest absolute Gasteiger partial charge is 0.391 e. The van der Waals surface area contributed by atoms with Crippen LogP contribution in [0.2, 0.25) is 0 Å². The number of hydrogen-bond donors (Lipinski definition) is 2. The second-order valence-electron chi connectivity index (χ2n) is 4.14. The first-order valence-electron chi connectivity index (χ1n) is 5.46. The molecule has 86 valence electrons. The molecule has 3 N–H and O–H groups in total. The third kappa shape index (κ3) is 2.23. The molecule has 1 saturated heterocycles. The van der Waals surface area contributed by atoms with Crippen LogP contribution in [-0.4, -0.2) is 41.1 Å². The van der Waals surface area contributed by atoms with Crippen LogP contribution in [-0.2, 0) is 0 Å². The van der Waals surface area contributed by atoms with Gasteiger partial charge in [0.1, 0.15) is 0 Å². The number of hydrogen-bond acceptors (Lipinski definition) is 3. The molecule has 0 aliphatic carbocycles. The van der Waals surface area contributed by atoms with Crippen LogP contribution in [0.25, 0.3) is 0 Å². The van der Waals surface area contributed by atoms with Crippen LogP contribution in [0.4, 0.5) is 0 Å². The summed E-state index contributed by atoms with van der Waals surface area (Å²) in [7, 11) is 0. The molecule has 0 unspecified atom stereocenters. The smallest absolute Gasteiger partial charge is 0.253 e. The second-order valence-corrected chi connectivity index (χ2v) is 4.14. The van der Waals surface area contributed by atoms with E-state index in [-0.39, 0.29) is 11.9 Å². The highest BCUT2D eigenvalue weighted by Crippen LogP contribution is 2.13. The summed E-state index contributed by atoms with van der Waals surface area (Å²) in [5.74, 6) is -0.0112. The summed E-state index contributed by atoms with van der Waals surface area (Å²) in [5, 5.41) is 9.48. The molecule has 1 amide bonds. The number of nitrogens with zero attached hydrogens (tertiary/aromatic N) is 1. The zero-order valence-corrected chi connectivity index (χ0v) is 9.04. The number of piperidine rings is 1. The first-order valence-corrected chi connectivity index (χ1v) is 5.46. The summed E-state index contributed by atoms with van der Waals surface area (Å²) >= 11 is 0. The summed E-state index contributed by atoms with van der Waals surface area (Å²) in [6.45, 7) is 0.998. The Morgan fingerprint density at radius 2 is 2.06 bits per heavy atom. The average molecular weight is 220 g/mol. The molecule has 4 heteroatoms. The SMILES string of the molecule is N[C@H]1CN(C(=O)c2ccccc2)CC[C@H]1O. The molecular weight excluding hydrogens is 204 g/mol. The van der Waals surface area contributed by atoms with Crippen molar-refractivity contribution >= 4 is 5.91 Å². The number of amides is 1. The van der Waals surface area contributed by atoms with Gasteiger partial charge in [0, 0.05) is 24.7 Å². The van der Waals surface area contributed by atoms with Crippen molar-refractivity contribution in [2.24, 2.45) is 5.73 Å². The molecular formula is C12H16N2O2. The van der Waals surface area contributed by atoms with Gasteiger partial charge in [0.05, 0.1) is 6.10 Å². The lowest BCUT2D eigenvalue weighted by Gasteiger charge is -2.34. The maximum Gasteiger partial charge on any atom is 0.253 e. The Bertz CT molecular complexity index is 367. The lowest BCUT2D eigenvalue weighted by molar-refractivity contribution is 0.0459. The Kier molecular flexibility index (Phi) is 3.22. The van der Waals surface area contributed by atoms with E-state index >= 15 is 0 Å². The van der Waals surface area contributed by atoms with Crippen molar-refractivity contribution < 1.29 is 9.90 Å². The molecule has 1 aliphatic rings. The molecule has 16 heavy (non-hydrogen) atoms. The predicted octanol–water partition coefficient (Wildman–Crippen LogP) is 0.221. The van der Waals surface area contributed by atoms with Gasteiger partial charge in [-0.25, -0.2) is 0 Å². The minimum atomic E-state index is -0.486. The van der Waals surface area contributed by atoms with Crippen LogP contribution < -0.4 is 5.73 Å². The molecule has 1 aromatic rings. The van der Waals surface area contributed by atoms with Crippen molar-refractivity contribution in [3.8, 4) is 0 Å². The van der Waals surface area contributed by atoms with Gasteiger partial charge < -0.3 is 15.7 Å². The first kappa shape index (κ1) is 11.1. The first-order chi connectivity index (χ1) is 7.68. The number of carbonyl (C=O) groups excluding carboxylic acids is 1. The molecule has 1 aliphatic heterocycles. The lowest BCUT2D eigenvalue weighted by atomic mass is 10.0. The van der Waals surface area contributed by atoms with Gasteiger partial charge in [-0.1, -0.05) is 18.2 Å². The van der Waals surface area contributed by atoms with Crippen molar-refractivity contribution in [3.05, 3.63) is 35.9 Å². The van der Waals surface area contributed by atoms with Crippen LogP contribution in [0.1, 0.15) is 16.8 Å². The molecule has 1 fully saturated rings. The Hall–Kier alpha value is -1.39. The lowest BCUT2D eigenvalue weighted by Crippen LogP contribution is -2.53. The maximum absolute atomic E-state index is 12.0. The summed E-state index contributed by atoms with van der Waals surface area (Å²) in [6.07, 6.45) is 0.0690. The van der Waals surface area contributed by atoms with Crippen molar-refractivity contribution in [1.82, 2.24) is 4.90 Å². The van der Waals surface area contributed by atoms with E-state index in [0.29, 0.717) is 25.1 Å². The monoisotopic (exact) mass is 220 g/mol. The maximum atomic E-state index is 12.0. The minimum absolute atomic E-state index is 0.0112. The van der Waals surface area contributed by atoms with Gasteiger partial charge in [0.15, 0.2) is 0 Å². The van der Waals surface area contributed by atoms with Crippen molar-refractivity contribution in [1.29, 1.82) is 0 Å². The number of aliphatic hydroxyl groups is 1. The van der Waals surface area contributed by atoms with Crippen LogP contribution in [0, 0.1) is 0 Å². The van der Waals surface area contributed by atoms with Crippen LogP contribution >= 0.6 is 0 Å². The number of nitrogens with two attached hydrogens (primary N) is 1. The third-order valence-corrected chi connectivity index (χ3v) is 2.93. The standard InChI is InChI=1S/C12H16N2O2/c13-10-8-14(7-6-11(10)15)12(16)9-4-2-1-3-5-9/h1-5,10-11,15H,6-8,13H2/t10-,11+/m0/s1. The predicted molar refractivity (Wildman–Crippen MR) is 60.9 cm³/mol. The summed E-state index contributed by atoms with van der Waals surface area (Å²) in [5.41, 5.74) is 6.41. The van der Waals surface area contributed by atoms with Crippen LogP contribution in [0.15, 0.2) is 30.3 Å². The molecule has 0 aromatic heterocycles. The Balaban J connectivity index is 2.06. The Morgan fingerprint density at radius 3 is 2.69 bits per heavy atom. The highest BCUT2D eigenvalue weighted by molar-refractivity contribution is 5.94. The fourth-order valence-corrected chi connectivity index (χ4v) is 1.92. The van der Waals surface area contributed by atoms with E-state index < -0.39 is 6.10 Å². The van der Waals surface area contributed by atoms with Gasteiger partial charge in [-0.05, 0) is 18.6 Å². The number of aliphatic hydroxyl groups excluding tert-OH is 1. The van der Waals surface area contributed by atoms with E-state index in [0.717, 1.165) is 0 Å². The third-order valence-electron chi connectivity index (χ3n) is 2.93. The van der Waals surface area contributed by atoms with E-state index in [1.165, 1.54) is 0 Å². The Labute approximate surface area is 94.7 Å². The second kappa shape index (κ2) is 4.63. The molecule has 0 bridgehead atoms. The molecule has 4 nitrogen and oxygen atoms in total. The minimum Gasteiger partial charge on any atom is -0.391 e. The Morgan fingerprint density at radius 1 is 1.38 bits per heavy atom. The molecule has 1 heterocycles. The average Bonchev–Trinajstić information content (AvgIpc) is 2.33. The van der Waals surface area contributed by atoms with E-state index in [2.05, 4.69) is 0 Å². The fourth-order valence-electron chi connectivity index (χ4n) is 1.92. The molecule has 1 aromatic carbocycles. The van der Waals surface area contributed by atoms with Gasteiger partial charge in [0.2, 0.25) is 0 Å². The zero-order valence-electron chi connectivity index (χ0n) is 9.04. The zero-order chi connectivity index (χ0) is 11.5. The van der Waals surface area contributed by atoms with Gasteiger partial charge in [0.25, 0.3) is 5.91 Å². The summed E-state index contributed by atoms with van der Waals surface area (Å²) < 4.78 is 0. The van der Waals surface area contributed by atoms with Crippen molar-refractivity contribution in [3.63, 3.8) is 0 Å². The van der Waals surface area contributed by atoms with E-state index in [1.54, 1.807) is 17.0 Å². The highest BCUT2D eigenvalue weighted by Gasteiger charge is 2.27. The molecule has 0 radical (unpaired) electrons. The van der Waals surface area contributed by atoms with Crippen LogP contribution in [0.5, 0.6) is 0 Å². The molecule has 2 atom stereocenters. The van der Waals surface area contributed by atoms with Gasteiger partial charge in [-0.2, -0.15) is 0 Å². The van der Waals surface area contributed by atoms with E-state index in [4.69, 9.17) is 5.73 Å². The number of rotatable bonds is 1. The summed E-state index contributed by atoms with van der Waals surface area (Å²) in [4.78, 5) is 13.7. The van der Waals surface area contributed by atoms with Crippen LogP contribution in [0.3, 0.4) is 0 Å². The van der Waals surface area contributed by atoms with Gasteiger partial charge in [-0.3, -0.25) is 4.79 Å². The topological polar surface area (TPSA) is 66.6 Å². The van der Waals surface area contributed by atoms with Crippen molar-refractivity contribution in [2.75, 3.05) is 13.1 Å². The normalized spacial score (nSPS) is 25.5. The highest BCUT2D eigenvalue weighted by atomic mass is 16.3.